The van der Waals surface area contributed by atoms with Gasteiger partial charge in [-0.15, -0.1) is 5.12 Å². The van der Waals surface area contributed by atoms with Gasteiger partial charge in [0.2, 0.25) is 6.41 Å². The molecule has 0 aliphatic rings. The number of carbonyl (C=O) groups is 1. The van der Waals surface area contributed by atoms with Gasteiger partial charge in [0.1, 0.15) is 0 Å². The van der Waals surface area contributed by atoms with E-state index in [0.717, 1.165) is 0 Å². The second-order valence-corrected chi connectivity index (χ2v) is 1.75. The van der Waals surface area contributed by atoms with Crippen LogP contribution in [0.5, 0.6) is 0 Å². The van der Waals surface area contributed by atoms with Gasteiger partial charge in [-0.25, -0.2) is 0 Å². The Labute approximate surface area is 57.8 Å². The number of para-hydroxylation sites is 1. The van der Waals surface area contributed by atoms with Crippen molar-refractivity contribution in [1.82, 2.24) is 0 Å². The van der Waals surface area contributed by atoms with Crippen molar-refractivity contribution in [2.24, 2.45) is 0 Å². The predicted molar refractivity (Wildman–Crippen MR) is 36.1 cm³/mol. The van der Waals surface area contributed by atoms with Gasteiger partial charge >= 0.3 is 0 Å². The first-order chi connectivity index (χ1) is 4.84. The first-order valence-corrected chi connectivity index (χ1v) is 2.80. The first kappa shape index (κ1) is 6.74. The largest absolute Gasteiger partial charge is 0.276 e. The topological polar surface area (TPSA) is 20.3 Å². The molecule has 1 aromatic carbocycles. The lowest BCUT2D eigenvalue weighted by Crippen LogP contribution is -2.06. The van der Waals surface area contributed by atoms with Crippen LogP contribution in [-0.2, 0) is 4.79 Å². The summed E-state index contributed by atoms with van der Waals surface area (Å²) in [6.07, 6.45) is 0.120. The molecule has 0 heterocycles. The van der Waals surface area contributed by atoms with Crippen molar-refractivity contribution in [2.45, 2.75) is 0 Å². The molecule has 2 nitrogen and oxygen atoms in total. The van der Waals surface area contributed by atoms with Crippen LogP contribution in [0, 0.1) is 0 Å². The molecule has 52 valence electrons. The summed E-state index contributed by atoms with van der Waals surface area (Å²) in [4.78, 5) is 9.86. The highest BCUT2D eigenvalue weighted by Gasteiger charge is 1.98. The second-order valence-electron chi connectivity index (χ2n) is 1.75. The highest BCUT2D eigenvalue weighted by molar-refractivity contribution is 5.71. The van der Waals surface area contributed by atoms with Gasteiger partial charge in [0.05, 0.1) is 5.69 Å². The van der Waals surface area contributed by atoms with Crippen LogP contribution < -0.4 is 5.12 Å². The standard InChI is InChI=1S/C7H6FNO/c8-9(6-10)7-4-2-1-3-5-7/h1-6H. The zero-order valence-electron chi connectivity index (χ0n) is 5.20. The summed E-state index contributed by atoms with van der Waals surface area (Å²) in [6, 6.07) is 8.09. The Hall–Kier alpha value is -1.38. The van der Waals surface area contributed by atoms with Crippen LogP contribution in [0.4, 0.5) is 10.2 Å². The lowest BCUT2D eigenvalue weighted by molar-refractivity contribution is -0.109. The summed E-state index contributed by atoms with van der Waals surface area (Å²) < 4.78 is 12.3. The fourth-order valence-corrected chi connectivity index (χ4v) is 0.631. The van der Waals surface area contributed by atoms with E-state index in [2.05, 4.69) is 0 Å². The maximum Gasteiger partial charge on any atom is 0.242 e. The number of benzene rings is 1. The minimum Gasteiger partial charge on any atom is -0.276 e. The van der Waals surface area contributed by atoms with Crippen molar-refractivity contribution >= 4 is 12.1 Å². The fourth-order valence-electron chi connectivity index (χ4n) is 0.631. The van der Waals surface area contributed by atoms with Gasteiger partial charge in [0.15, 0.2) is 0 Å². The van der Waals surface area contributed by atoms with Crippen LogP contribution in [-0.4, -0.2) is 6.41 Å². The average Bonchev–Trinajstić information content (AvgIpc) is 2.05. The number of halogens is 1. The van der Waals surface area contributed by atoms with E-state index in [4.69, 9.17) is 0 Å². The van der Waals surface area contributed by atoms with Gasteiger partial charge in [-0.05, 0) is 12.1 Å². The SMILES string of the molecule is O=CN(F)c1ccccc1. The molecule has 0 atom stereocenters. The zero-order chi connectivity index (χ0) is 7.40. The first-order valence-electron chi connectivity index (χ1n) is 2.80. The quantitative estimate of drug-likeness (QED) is 0.449. The highest BCUT2D eigenvalue weighted by Crippen LogP contribution is 2.10. The Morgan fingerprint density at radius 1 is 1.30 bits per heavy atom. The zero-order valence-corrected chi connectivity index (χ0v) is 5.20. The Morgan fingerprint density at radius 2 is 1.90 bits per heavy atom. The molecule has 0 unspecified atom stereocenters. The number of rotatable bonds is 2. The lowest BCUT2D eigenvalue weighted by Gasteiger charge is -2.02. The van der Waals surface area contributed by atoms with Crippen LogP contribution in [0.3, 0.4) is 0 Å². The Balaban J connectivity index is 2.84. The monoisotopic (exact) mass is 139 g/mol. The minimum atomic E-state index is 0.0278. The maximum absolute atomic E-state index is 12.3. The highest BCUT2D eigenvalue weighted by atomic mass is 19.2. The molecule has 0 radical (unpaired) electrons. The Bertz CT molecular complexity index is 212. The minimum absolute atomic E-state index is 0.0278. The second kappa shape index (κ2) is 2.96. The molecule has 0 saturated carbocycles. The normalized spacial score (nSPS) is 8.90. The molecule has 0 fully saturated rings. The van der Waals surface area contributed by atoms with Gasteiger partial charge in [-0.3, -0.25) is 4.79 Å². The molecular weight excluding hydrogens is 133 g/mol. The Morgan fingerprint density at radius 3 is 2.40 bits per heavy atom. The molecule has 10 heavy (non-hydrogen) atoms. The summed E-state index contributed by atoms with van der Waals surface area (Å²) in [7, 11) is 0. The molecule has 0 saturated heterocycles. The maximum atomic E-state index is 12.3. The number of nitrogens with zero attached hydrogens (tertiary/aromatic N) is 1. The molecular formula is C7H6FNO. The van der Waals surface area contributed by atoms with E-state index in [1.807, 2.05) is 0 Å². The molecule has 1 aromatic rings. The van der Waals surface area contributed by atoms with Gasteiger partial charge < -0.3 is 0 Å². The van der Waals surface area contributed by atoms with Crippen LogP contribution >= 0.6 is 0 Å². The number of anilines is 1. The summed E-state index contributed by atoms with van der Waals surface area (Å²) >= 11 is 0. The number of hydrogen-bond acceptors (Lipinski definition) is 1. The number of carbonyl (C=O) groups excluding carboxylic acids is 1. The molecule has 3 heteroatoms. The lowest BCUT2D eigenvalue weighted by atomic mass is 10.3. The third kappa shape index (κ3) is 1.31. The summed E-state index contributed by atoms with van der Waals surface area (Å²) in [6.45, 7) is 0. The number of hydrogen-bond donors (Lipinski definition) is 0. The number of amides is 1. The van der Waals surface area contributed by atoms with Crippen molar-refractivity contribution in [2.75, 3.05) is 5.12 Å². The van der Waals surface area contributed by atoms with E-state index >= 15 is 0 Å². The van der Waals surface area contributed by atoms with Crippen LogP contribution in [0.2, 0.25) is 0 Å². The van der Waals surface area contributed by atoms with E-state index in [-0.39, 0.29) is 17.2 Å². The van der Waals surface area contributed by atoms with E-state index in [1.165, 1.54) is 12.1 Å². The molecule has 0 N–H and O–H groups in total. The molecule has 0 aliphatic carbocycles. The summed E-state index contributed by atoms with van der Waals surface area (Å²) in [5.74, 6) is 0. The van der Waals surface area contributed by atoms with E-state index in [9.17, 15) is 9.28 Å². The van der Waals surface area contributed by atoms with Crippen LogP contribution in [0.1, 0.15) is 0 Å². The summed E-state index contributed by atoms with van der Waals surface area (Å²) in [5, 5.41) is 0.0278. The van der Waals surface area contributed by atoms with Gasteiger partial charge in [-0.2, -0.15) is 0 Å². The molecule has 0 bridgehead atoms. The Kier molecular flexibility index (Phi) is 1.99. The van der Waals surface area contributed by atoms with Crippen molar-refractivity contribution < 1.29 is 9.28 Å². The van der Waals surface area contributed by atoms with Crippen LogP contribution in [0.25, 0.3) is 0 Å². The third-order valence-electron chi connectivity index (χ3n) is 1.10. The fraction of sp³-hybridized carbons (Fsp3) is 0. The van der Waals surface area contributed by atoms with Crippen molar-refractivity contribution in [3.63, 3.8) is 0 Å². The predicted octanol–water partition coefficient (Wildman–Crippen LogP) is 1.53. The molecule has 0 aliphatic heterocycles. The van der Waals surface area contributed by atoms with Crippen molar-refractivity contribution in [3.8, 4) is 0 Å². The van der Waals surface area contributed by atoms with Crippen molar-refractivity contribution in [3.05, 3.63) is 30.3 Å². The average molecular weight is 139 g/mol. The molecule has 0 spiro atoms. The molecule has 1 amide bonds. The third-order valence-corrected chi connectivity index (χ3v) is 1.10. The van der Waals surface area contributed by atoms with E-state index in [1.54, 1.807) is 18.2 Å². The van der Waals surface area contributed by atoms with Crippen molar-refractivity contribution in [1.29, 1.82) is 0 Å². The summed E-state index contributed by atoms with van der Waals surface area (Å²) in [5.41, 5.74) is 0.248. The van der Waals surface area contributed by atoms with E-state index < -0.39 is 0 Å². The smallest absolute Gasteiger partial charge is 0.242 e. The van der Waals surface area contributed by atoms with Gasteiger partial charge in [0.25, 0.3) is 0 Å². The van der Waals surface area contributed by atoms with Gasteiger partial charge in [0, 0.05) is 0 Å². The molecule has 0 aromatic heterocycles. The van der Waals surface area contributed by atoms with E-state index in [0.29, 0.717) is 0 Å². The molecule has 1 rings (SSSR count). The van der Waals surface area contributed by atoms with Crippen LogP contribution in [0.15, 0.2) is 30.3 Å². The van der Waals surface area contributed by atoms with Gasteiger partial charge in [-0.1, -0.05) is 22.7 Å².